The summed E-state index contributed by atoms with van der Waals surface area (Å²) < 4.78 is 8.92. The van der Waals surface area contributed by atoms with Gasteiger partial charge in [0.1, 0.15) is 11.5 Å². The molecule has 0 unspecified atom stereocenters. The SMILES string of the molecule is c1ccc(-c2nc(-c3ccc4c(c3)nc(-c3ccccc3)c3cc5c(cc34)C3(c4ccccc4Oc4ccccc43)c3ccccc3-5)c3sc4ccccc4c3n2)cc1. The lowest BCUT2D eigenvalue weighted by Crippen LogP contribution is -2.32. The molecule has 59 heavy (non-hydrogen) atoms. The number of thiophene rings is 1. The van der Waals surface area contributed by atoms with Gasteiger partial charge in [0, 0.05) is 48.7 Å². The van der Waals surface area contributed by atoms with Gasteiger partial charge in [0.05, 0.1) is 32.5 Å². The Morgan fingerprint density at radius 1 is 0.407 bits per heavy atom. The van der Waals surface area contributed by atoms with Gasteiger partial charge in [-0.05, 0) is 64.0 Å². The van der Waals surface area contributed by atoms with E-state index in [9.17, 15) is 0 Å². The monoisotopic (exact) mass is 769 g/mol. The number of benzene rings is 8. The number of ether oxygens (including phenoxy) is 1. The molecule has 1 spiro atoms. The third-order valence-electron chi connectivity index (χ3n) is 12.3. The first-order valence-corrected chi connectivity index (χ1v) is 20.7. The molecule has 0 saturated heterocycles. The van der Waals surface area contributed by atoms with Crippen LogP contribution in [0.3, 0.4) is 0 Å². The molecule has 1 aliphatic carbocycles. The van der Waals surface area contributed by atoms with Gasteiger partial charge >= 0.3 is 0 Å². The lowest BCUT2D eigenvalue weighted by atomic mass is 9.66. The summed E-state index contributed by atoms with van der Waals surface area (Å²) in [6, 6.07) is 67.0. The minimum atomic E-state index is -0.574. The van der Waals surface area contributed by atoms with Crippen molar-refractivity contribution < 1.29 is 4.74 Å². The molecule has 5 heteroatoms. The van der Waals surface area contributed by atoms with Gasteiger partial charge in [0.25, 0.3) is 0 Å². The highest BCUT2D eigenvalue weighted by Crippen LogP contribution is 2.62. The molecule has 0 atom stereocenters. The van der Waals surface area contributed by atoms with Gasteiger partial charge in [0.15, 0.2) is 5.82 Å². The normalized spacial score (nSPS) is 13.4. The fourth-order valence-corrected chi connectivity index (χ4v) is 11.0. The lowest BCUT2D eigenvalue weighted by Gasteiger charge is -2.39. The molecular formula is C54H31N3OS. The fourth-order valence-electron chi connectivity index (χ4n) is 9.82. The van der Waals surface area contributed by atoms with Crippen LogP contribution in [0.1, 0.15) is 22.3 Å². The zero-order chi connectivity index (χ0) is 38.7. The van der Waals surface area contributed by atoms with Crippen LogP contribution in [0.25, 0.3) is 87.0 Å². The molecule has 0 bridgehead atoms. The van der Waals surface area contributed by atoms with Crippen molar-refractivity contribution in [2.45, 2.75) is 5.41 Å². The number of fused-ring (bicyclic) bond motifs is 15. The average molecular weight is 770 g/mol. The van der Waals surface area contributed by atoms with E-state index >= 15 is 0 Å². The van der Waals surface area contributed by atoms with Crippen molar-refractivity contribution in [1.82, 2.24) is 15.0 Å². The third kappa shape index (κ3) is 4.56. The van der Waals surface area contributed by atoms with E-state index in [2.05, 4.69) is 170 Å². The lowest BCUT2D eigenvalue weighted by molar-refractivity contribution is 0.436. The molecule has 8 aromatic carbocycles. The number of rotatable bonds is 3. The number of hydrogen-bond acceptors (Lipinski definition) is 5. The van der Waals surface area contributed by atoms with E-state index in [1.165, 1.54) is 27.0 Å². The topological polar surface area (TPSA) is 47.9 Å². The van der Waals surface area contributed by atoms with Crippen LogP contribution in [-0.4, -0.2) is 15.0 Å². The maximum absolute atomic E-state index is 6.65. The molecule has 0 fully saturated rings. The zero-order valence-corrected chi connectivity index (χ0v) is 32.4. The first-order chi connectivity index (χ1) is 29.2. The number of nitrogens with zero attached hydrogens (tertiary/aromatic N) is 3. The fraction of sp³-hybridized carbons (Fsp3) is 0.0185. The van der Waals surface area contributed by atoms with Gasteiger partial charge in [-0.3, -0.25) is 0 Å². The Labute approximate surface area is 343 Å². The summed E-state index contributed by atoms with van der Waals surface area (Å²) >= 11 is 1.75. The van der Waals surface area contributed by atoms with E-state index in [-0.39, 0.29) is 0 Å². The van der Waals surface area contributed by atoms with Crippen molar-refractivity contribution >= 4 is 53.3 Å². The van der Waals surface area contributed by atoms with Gasteiger partial charge < -0.3 is 4.74 Å². The quantitative estimate of drug-likeness (QED) is 0.168. The van der Waals surface area contributed by atoms with Crippen LogP contribution >= 0.6 is 11.3 Å². The van der Waals surface area contributed by atoms with Crippen molar-refractivity contribution in [3.63, 3.8) is 0 Å². The molecule has 2 aliphatic rings. The second-order valence-electron chi connectivity index (χ2n) is 15.4. The Morgan fingerprint density at radius 2 is 1.07 bits per heavy atom. The van der Waals surface area contributed by atoms with Crippen LogP contribution in [-0.2, 0) is 5.41 Å². The predicted molar refractivity (Wildman–Crippen MR) is 241 cm³/mol. The largest absolute Gasteiger partial charge is 0.457 e. The molecule has 0 N–H and O–H groups in total. The summed E-state index contributed by atoms with van der Waals surface area (Å²) in [4.78, 5) is 16.1. The first-order valence-electron chi connectivity index (χ1n) is 19.9. The van der Waals surface area contributed by atoms with Crippen LogP contribution in [0.4, 0.5) is 0 Å². The van der Waals surface area contributed by atoms with Crippen LogP contribution < -0.4 is 4.74 Å². The van der Waals surface area contributed by atoms with Crippen LogP contribution in [0.5, 0.6) is 11.5 Å². The maximum atomic E-state index is 6.65. The van der Waals surface area contributed by atoms with E-state index in [4.69, 9.17) is 19.7 Å². The summed E-state index contributed by atoms with van der Waals surface area (Å²) in [5.41, 5.74) is 13.5. The minimum Gasteiger partial charge on any atom is -0.457 e. The van der Waals surface area contributed by atoms with Crippen LogP contribution in [0, 0.1) is 0 Å². The second kappa shape index (κ2) is 12.3. The smallest absolute Gasteiger partial charge is 0.160 e. The summed E-state index contributed by atoms with van der Waals surface area (Å²) in [6.07, 6.45) is 0. The molecule has 0 saturated carbocycles. The van der Waals surface area contributed by atoms with E-state index in [1.54, 1.807) is 11.3 Å². The first kappa shape index (κ1) is 32.6. The third-order valence-corrected chi connectivity index (χ3v) is 13.5. The Balaban J connectivity index is 1.13. The Bertz CT molecular complexity index is 3490. The van der Waals surface area contributed by atoms with Crippen molar-refractivity contribution in [2.24, 2.45) is 0 Å². The van der Waals surface area contributed by atoms with Crippen molar-refractivity contribution in [1.29, 1.82) is 0 Å². The molecule has 4 heterocycles. The van der Waals surface area contributed by atoms with Gasteiger partial charge in [-0.2, -0.15) is 0 Å². The Morgan fingerprint density at radius 3 is 1.85 bits per heavy atom. The number of para-hydroxylation sites is 2. The summed E-state index contributed by atoms with van der Waals surface area (Å²) in [5.74, 6) is 2.48. The number of pyridine rings is 1. The summed E-state index contributed by atoms with van der Waals surface area (Å²) in [7, 11) is 0. The Hall–Kier alpha value is -7.47. The van der Waals surface area contributed by atoms with Gasteiger partial charge in [-0.25, -0.2) is 15.0 Å². The molecule has 0 radical (unpaired) electrons. The second-order valence-corrected chi connectivity index (χ2v) is 16.5. The molecule has 13 rings (SSSR count). The highest BCUT2D eigenvalue weighted by atomic mass is 32.1. The molecule has 1 aliphatic heterocycles. The maximum Gasteiger partial charge on any atom is 0.160 e. The van der Waals surface area contributed by atoms with E-state index < -0.39 is 5.41 Å². The molecule has 4 nitrogen and oxygen atoms in total. The molecule has 11 aromatic rings. The van der Waals surface area contributed by atoms with Gasteiger partial charge in [-0.1, -0.05) is 152 Å². The number of hydrogen-bond donors (Lipinski definition) is 0. The highest BCUT2D eigenvalue weighted by molar-refractivity contribution is 7.26. The van der Waals surface area contributed by atoms with Crippen LogP contribution in [0.15, 0.2) is 188 Å². The molecule has 3 aromatic heterocycles. The Kier molecular flexibility index (Phi) is 6.78. The average Bonchev–Trinajstić information content (AvgIpc) is 3.82. The molecule has 0 amide bonds. The van der Waals surface area contributed by atoms with Crippen molar-refractivity contribution in [3.8, 4) is 56.5 Å². The van der Waals surface area contributed by atoms with Gasteiger partial charge in [-0.15, -0.1) is 11.3 Å². The van der Waals surface area contributed by atoms with Gasteiger partial charge in [0.2, 0.25) is 0 Å². The molecular weight excluding hydrogens is 739 g/mol. The summed E-state index contributed by atoms with van der Waals surface area (Å²) in [5, 5.41) is 4.52. The minimum absolute atomic E-state index is 0.574. The predicted octanol–water partition coefficient (Wildman–Crippen LogP) is 14.0. The van der Waals surface area contributed by atoms with E-state index in [0.717, 1.165) is 88.0 Å². The molecule has 274 valence electrons. The van der Waals surface area contributed by atoms with Crippen molar-refractivity contribution in [2.75, 3.05) is 0 Å². The van der Waals surface area contributed by atoms with Crippen LogP contribution in [0.2, 0.25) is 0 Å². The van der Waals surface area contributed by atoms with Crippen molar-refractivity contribution in [3.05, 3.63) is 210 Å². The number of aromatic nitrogens is 3. The van der Waals surface area contributed by atoms with E-state index in [0.29, 0.717) is 5.82 Å². The zero-order valence-electron chi connectivity index (χ0n) is 31.6. The summed E-state index contributed by atoms with van der Waals surface area (Å²) in [6.45, 7) is 0. The van der Waals surface area contributed by atoms with E-state index in [1.807, 2.05) is 18.2 Å². The highest BCUT2D eigenvalue weighted by Gasteiger charge is 2.51. The standard InChI is InChI=1S/C54H31N3OS/c1-3-15-32(16-4-1)49-40-30-39-35-19-7-9-21-41(35)54(42-22-10-12-24-46(42)58-47-25-13-11-23-43(47)54)44(39)31-38(40)36-28-27-34(29-45(36)55-49)50-52-51(37-20-8-14-26-48(37)59-52)57-53(56-50)33-17-5-2-6-18-33/h1-31H.